The minimum atomic E-state index is 0.331. The number of nitrogens with two attached hydrogens (primary N) is 1. The molecule has 0 aromatic heterocycles. The summed E-state index contributed by atoms with van der Waals surface area (Å²) < 4.78 is 0. The predicted molar refractivity (Wildman–Crippen MR) is 77.6 cm³/mol. The monoisotopic (exact) mass is 246 g/mol. The van der Waals surface area contributed by atoms with Crippen LogP contribution in [0.1, 0.15) is 44.2 Å². The van der Waals surface area contributed by atoms with Crippen molar-refractivity contribution < 1.29 is 0 Å². The van der Waals surface area contributed by atoms with E-state index < -0.39 is 0 Å². The number of hydrogen-bond donors (Lipinski definition) is 1. The summed E-state index contributed by atoms with van der Waals surface area (Å²) in [6.07, 6.45) is 1.23. The van der Waals surface area contributed by atoms with Crippen molar-refractivity contribution in [3.05, 3.63) is 35.4 Å². The minimum Gasteiger partial charge on any atom is -0.330 e. The van der Waals surface area contributed by atoms with Crippen molar-refractivity contribution in [2.75, 3.05) is 19.6 Å². The lowest BCUT2D eigenvalue weighted by Crippen LogP contribution is -2.31. The average molecular weight is 246 g/mol. The van der Waals surface area contributed by atoms with E-state index in [1.165, 1.54) is 24.1 Å². The molecule has 1 unspecified atom stereocenters. The van der Waals surface area contributed by atoms with E-state index >= 15 is 0 Å². The van der Waals surface area contributed by atoms with Crippen LogP contribution in [0.4, 0.5) is 0 Å². The van der Waals surface area contributed by atoms with Crippen LogP contribution in [0.2, 0.25) is 0 Å². The van der Waals surface area contributed by atoms with Gasteiger partial charge in [0.05, 0.1) is 0 Å². The zero-order chi connectivity index (χ0) is 13.2. The van der Waals surface area contributed by atoms with Gasteiger partial charge in [-0.05, 0) is 42.0 Å². The molecule has 1 atom stereocenters. The standard InChI is InChI=1S/C16H26N2/c1-13(2)15-6-4-14(5-7-15)10-18-9-8-16(3,11-17)12-18/h4-7,13H,8-12,17H2,1-3H3. The van der Waals surface area contributed by atoms with Crippen LogP contribution in [-0.2, 0) is 6.54 Å². The SMILES string of the molecule is CC(C)c1ccc(CN2CCC(C)(CN)C2)cc1. The normalized spacial score (nSPS) is 24.9. The van der Waals surface area contributed by atoms with Gasteiger partial charge < -0.3 is 5.73 Å². The highest BCUT2D eigenvalue weighted by atomic mass is 15.2. The summed E-state index contributed by atoms with van der Waals surface area (Å²) in [5.74, 6) is 0.617. The first kappa shape index (κ1) is 13.6. The summed E-state index contributed by atoms with van der Waals surface area (Å²) in [6.45, 7) is 11.0. The van der Waals surface area contributed by atoms with E-state index in [9.17, 15) is 0 Å². The molecule has 0 radical (unpaired) electrons. The largest absolute Gasteiger partial charge is 0.330 e. The van der Waals surface area contributed by atoms with Crippen LogP contribution in [0.25, 0.3) is 0 Å². The summed E-state index contributed by atoms with van der Waals surface area (Å²) in [6, 6.07) is 9.07. The molecule has 2 rings (SSSR count). The number of hydrogen-bond acceptors (Lipinski definition) is 2. The topological polar surface area (TPSA) is 29.3 Å². The first-order valence-electron chi connectivity index (χ1n) is 7.04. The Morgan fingerprint density at radius 2 is 1.94 bits per heavy atom. The third kappa shape index (κ3) is 3.12. The molecule has 0 aliphatic carbocycles. The lowest BCUT2D eigenvalue weighted by Gasteiger charge is -2.22. The van der Waals surface area contributed by atoms with E-state index in [0.29, 0.717) is 11.3 Å². The van der Waals surface area contributed by atoms with Crippen molar-refractivity contribution >= 4 is 0 Å². The smallest absolute Gasteiger partial charge is 0.0233 e. The van der Waals surface area contributed by atoms with Crippen molar-refractivity contribution in [1.82, 2.24) is 4.90 Å². The first-order chi connectivity index (χ1) is 8.52. The Kier molecular flexibility index (Phi) is 4.08. The fourth-order valence-electron chi connectivity index (χ4n) is 2.69. The maximum absolute atomic E-state index is 5.85. The second-order valence-electron chi connectivity index (χ2n) is 6.37. The molecule has 1 saturated heterocycles. The molecule has 1 aromatic rings. The average Bonchev–Trinajstić information content (AvgIpc) is 2.72. The highest BCUT2D eigenvalue weighted by Gasteiger charge is 2.32. The Labute approximate surface area is 111 Å². The summed E-state index contributed by atoms with van der Waals surface area (Å²) in [5, 5.41) is 0. The number of nitrogens with zero attached hydrogens (tertiary/aromatic N) is 1. The zero-order valence-corrected chi connectivity index (χ0v) is 11.9. The highest BCUT2D eigenvalue weighted by molar-refractivity contribution is 5.24. The van der Waals surface area contributed by atoms with Gasteiger partial charge in [0, 0.05) is 13.1 Å². The summed E-state index contributed by atoms with van der Waals surface area (Å²) in [7, 11) is 0. The van der Waals surface area contributed by atoms with Gasteiger partial charge in [-0.2, -0.15) is 0 Å². The molecule has 1 aliphatic heterocycles. The van der Waals surface area contributed by atoms with Crippen LogP contribution >= 0.6 is 0 Å². The number of likely N-dealkylation sites (tertiary alicyclic amines) is 1. The highest BCUT2D eigenvalue weighted by Crippen LogP contribution is 2.29. The molecule has 1 aromatic carbocycles. The fraction of sp³-hybridized carbons (Fsp3) is 0.625. The summed E-state index contributed by atoms with van der Waals surface area (Å²) in [5.41, 5.74) is 9.02. The van der Waals surface area contributed by atoms with Crippen LogP contribution in [0.15, 0.2) is 24.3 Å². The van der Waals surface area contributed by atoms with Gasteiger partial charge in [0.1, 0.15) is 0 Å². The Balaban J connectivity index is 1.94. The van der Waals surface area contributed by atoms with E-state index in [1.807, 2.05) is 0 Å². The van der Waals surface area contributed by atoms with Gasteiger partial charge in [0.15, 0.2) is 0 Å². The quantitative estimate of drug-likeness (QED) is 0.885. The maximum atomic E-state index is 5.85. The maximum Gasteiger partial charge on any atom is 0.0233 e. The molecule has 2 nitrogen and oxygen atoms in total. The van der Waals surface area contributed by atoms with Crippen LogP contribution in [0.3, 0.4) is 0 Å². The molecule has 0 amide bonds. The van der Waals surface area contributed by atoms with Gasteiger partial charge >= 0.3 is 0 Å². The van der Waals surface area contributed by atoms with Crippen molar-refractivity contribution in [2.45, 2.75) is 39.7 Å². The Morgan fingerprint density at radius 3 is 2.44 bits per heavy atom. The molecule has 0 spiro atoms. The number of rotatable bonds is 4. The Hall–Kier alpha value is -0.860. The second-order valence-corrected chi connectivity index (χ2v) is 6.37. The fourth-order valence-corrected chi connectivity index (χ4v) is 2.69. The zero-order valence-electron chi connectivity index (χ0n) is 11.9. The Bertz CT molecular complexity index is 383. The van der Waals surface area contributed by atoms with Gasteiger partial charge in [-0.3, -0.25) is 4.90 Å². The van der Waals surface area contributed by atoms with E-state index in [-0.39, 0.29) is 0 Å². The third-order valence-electron chi connectivity index (χ3n) is 4.18. The van der Waals surface area contributed by atoms with E-state index in [4.69, 9.17) is 5.73 Å². The molecule has 18 heavy (non-hydrogen) atoms. The van der Waals surface area contributed by atoms with Crippen LogP contribution < -0.4 is 5.73 Å². The lowest BCUT2D eigenvalue weighted by atomic mass is 9.90. The first-order valence-corrected chi connectivity index (χ1v) is 7.04. The van der Waals surface area contributed by atoms with Crippen molar-refractivity contribution in [3.63, 3.8) is 0 Å². The molecule has 0 saturated carbocycles. The van der Waals surface area contributed by atoms with Crippen LogP contribution in [0.5, 0.6) is 0 Å². The van der Waals surface area contributed by atoms with Crippen molar-refractivity contribution in [3.8, 4) is 0 Å². The summed E-state index contributed by atoms with van der Waals surface area (Å²) in [4.78, 5) is 2.53. The molecule has 2 heteroatoms. The molecule has 100 valence electrons. The molecular formula is C16H26N2. The van der Waals surface area contributed by atoms with Crippen molar-refractivity contribution in [2.24, 2.45) is 11.1 Å². The number of benzene rings is 1. The third-order valence-corrected chi connectivity index (χ3v) is 4.18. The predicted octanol–water partition coefficient (Wildman–Crippen LogP) is 2.98. The van der Waals surface area contributed by atoms with Crippen LogP contribution in [0, 0.1) is 5.41 Å². The van der Waals surface area contributed by atoms with Gasteiger partial charge in [-0.25, -0.2) is 0 Å². The van der Waals surface area contributed by atoms with Crippen molar-refractivity contribution in [1.29, 1.82) is 0 Å². The minimum absolute atomic E-state index is 0.331. The molecule has 1 heterocycles. The Morgan fingerprint density at radius 1 is 1.28 bits per heavy atom. The molecule has 1 aliphatic rings. The van der Waals surface area contributed by atoms with Crippen LogP contribution in [-0.4, -0.2) is 24.5 Å². The van der Waals surface area contributed by atoms with Gasteiger partial charge in [0.2, 0.25) is 0 Å². The van der Waals surface area contributed by atoms with E-state index in [2.05, 4.69) is 49.9 Å². The van der Waals surface area contributed by atoms with E-state index in [1.54, 1.807) is 0 Å². The molecule has 2 N–H and O–H groups in total. The lowest BCUT2D eigenvalue weighted by molar-refractivity contribution is 0.274. The molecular weight excluding hydrogens is 220 g/mol. The van der Waals surface area contributed by atoms with Gasteiger partial charge in [0.25, 0.3) is 0 Å². The molecule has 1 fully saturated rings. The second kappa shape index (κ2) is 5.41. The van der Waals surface area contributed by atoms with Gasteiger partial charge in [-0.1, -0.05) is 45.0 Å². The van der Waals surface area contributed by atoms with E-state index in [0.717, 1.165) is 19.6 Å². The molecule has 0 bridgehead atoms. The summed E-state index contributed by atoms with van der Waals surface area (Å²) >= 11 is 0. The van der Waals surface area contributed by atoms with Gasteiger partial charge in [-0.15, -0.1) is 0 Å².